The van der Waals surface area contributed by atoms with Crippen molar-refractivity contribution >= 4 is 34.3 Å². The Morgan fingerprint density at radius 2 is 1.97 bits per heavy atom. The van der Waals surface area contributed by atoms with E-state index >= 15 is 0 Å². The molecular weight excluding hydrogens is 394 g/mol. The van der Waals surface area contributed by atoms with Crippen LogP contribution >= 0.6 is 0 Å². The topological polar surface area (TPSA) is 88.6 Å². The quantitative estimate of drug-likeness (QED) is 0.630. The Labute approximate surface area is 181 Å². The number of amides is 1. The summed E-state index contributed by atoms with van der Waals surface area (Å²) in [4.78, 5) is 23.2. The van der Waals surface area contributed by atoms with Gasteiger partial charge in [-0.1, -0.05) is 6.07 Å². The van der Waals surface area contributed by atoms with E-state index in [-0.39, 0.29) is 11.9 Å². The number of nitrogens with zero attached hydrogens (tertiary/aromatic N) is 3. The van der Waals surface area contributed by atoms with E-state index in [1.54, 1.807) is 21.1 Å². The smallest absolute Gasteiger partial charge is 0.229 e. The SMILES string of the molecule is COc1ccc2c(N3CC[C@H](NC(C)=O)C3)nc(Nc3ccc(C)c(OC)c3)nc2c1. The fraction of sp³-hybridized carbons (Fsp3) is 0.348. The first-order valence-corrected chi connectivity index (χ1v) is 10.3. The molecule has 0 unspecified atom stereocenters. The molecule has 1 aliphatic rings. The van der Waals surface area contributed by atoms with Gasteiger partial charge in [0.2, 0.25) is 11.9 Å². The second-order valence-corrected chi connectivity index (χ2v) is 7.70. The highest BCUT2D eigenvalue weighted by Crippen LogP contribution is 2.32. The van der Waals surface area contributed by atoms with Crippen molar-refractivity contribution in [1.82, 2.24) is 15.3 Å². The molecular formula is C23H27N5O3. The Morgan fingerprint density at radius 3 is 2.71 bits per heavy atom. The van der Waals surface area contributed by atoms with Crippen LogP contribution in [0.1, 0.15) is 18.9 Å². The molecule has 0 aliphatic carbocycles. The van der Waals surface area contributed by atoms with Gasteiger partial charge in [0, 0.05) is 49.3 Å². The third-order valence-corrected chi connectivity index (χ3v) is 5.44. The Hall–Kier alpha value is -3.55. The van der Waals surface area contributed by atoms with Crippen molar-refractivity contribution in [2.24, 2.45) is 0 Å². The summed E-state index contributed by atoms with van der Waals surface area (Å²) < 4.78 is 10.8. The van der Waals surface area contributed by atoms with Gasteiger partial charge in [-0.2, -0.15) is 4.98 Å². The minimum absolute atomic E-state index is 0.0141. The number of aryl methyl sites for hydroxylation is 1. The molecule has 1 fully saturated rings. The van der Waals surface area contributed by atoms with E-state index in [0.717, 1.165) is 52.4 Å². The zero-order valence-corrected chi connectivity index (χ0v) is 18.2. The van der Waals surface area contributed by atoms with Crippen LogP contribution in [0.25, 0.3) is 10.9 Å². The maximum Gasteiger partial charge on any atom is 0.229 e. The van der Waals surface area contributed by atoms with Gasteiger partial charge in [-0.3, -0.25) is 4.79 Å². The predicted molar refractivity (Wildman–Crippen MR) is 122 cm³/mol. The first kappa shape index (κ1) is 20.7. The number of aromatic nitrogens is 2. The lowest BCUT2D eigenvalue weighted by atomic mass is 10.2. The largest absolute Gasteiger partial charge is 0.497 e. The van der Waals surface area contributed by atoms with E-state index in [0.29, 0.717) is 12.5 Å². The average molecular weight is 422 g/mol. The van der Waals surface area contributed by atoms with Crippen molar-refractivity contribution in [2.75, 3.05) is 37.5 Å². The van der Waals surface area contributed by atoms with E-state index in [2.05, 4.69) is 15.5 Å². The normalized spacial score (nSPS) is 15.7. The number of carbonyl (C=O) groups is 1. The minimum Gasteiger partial charge on any atom is -0.497 e. The zero-order valence-electron chi connectivity index (χ0n) is 18.2. The molecule has 2 aromatic carbocycles. The molecule has 1 aromatic heterocycles. The second-order valence-electron chi connectivity index (χ2n) is 7.70. The van der Waals surface area contributed by atoms with Crippen molar-refractivity contribution in [3.05, 3.63) is 42.0 Å². The van der Waals surface area contributed by atoms with Crippen LogP contribution in [0.15, 0.2) is 36.4 Å². The van der Waals surface area contributed by atoms with Crippen LogP contribution in [0, 0.1) is 6.92 Å². The van der Waals surface area contributed by atoms with E-state index in [9.17, 15) is 4.79 Å². The maximum atomic E-state index is 11.5. The number of ether oxygens (including phenoxy) is 2. The molecule has 1 aliphatic heterocycles. The molecule has 1 atom stereocenters. The lowest BCUT2D eigenvalue weighted by Gasteiger charge is -2.21. The van der Waals surface area contributed by atoms with Crippen LogP contribution < -0.4 is 25.0 Å². The number of rotatable bonds is 6. The lowest BCUT2D eigenvalue weighted by molar-refractivity contribution is -0.119. The van der Waals surface area contributed by atoms with Gasteiger partial charge < -0.3 is 25.0 Å². The molecule has 8 nitrogen and oxygen atoms in total. The molecule has 0 spiro atoms. The summed E-state index contributed by atoms with van der Waals surface area (Å²) in [6, 6.07) is 11.8. The number of fused-ring (bicyclic) bond motifs is 1. The molecule has 0 bridgehead atoms. The van der Waals surface area contributed by atoms with Crippen LogP contribution in [0.2, 0.25) is 0 Å². The van der Waals surface area contributed by atoms with E-state index < -0.39 is 0 Å². The summed E-state index contributed by atoms with van der Waals surface area (Å²) in [5.74, 6) is 2.84. The van der Waals surface area contributed by atoms with Crippen LogP contribution in [-0.4, -0.2) is 49.2 Å². The van der Waals surface area contributed by atoms with Crippen LogP contribution in [0.4, 0.5) is 17.5 Å². The van der Waals surface area contributed by atoms with Gasteiger partial charge in [-0.15, -0.1) is 0 Å². The molecule has 8 heteroatoms. The summed E-state index contributed by atoms with van der Waals surface area (Å²) in [6.45, 7) is 5.06. The van der Waals surface area contributed by atoms with Gasteiger partial charge in [0.1, 0.15) is 17.3 Å². The first-order chi connectivity index (χ1) is 15.0. The van der Waals surface area contributed by atoms with E-state index in [4.69, 9.17) is 19.4 Å². The van der Waals surface area contributed by atoms with Crippen molar-refractivity contribution in [2.45, 2.75) is 26.3 Å². The average Bonchev–Trinajstić information content (AvgIpc) is 3.21. The monoisotopic (exact) mass is 421 g/mol. The van der Waals surface area contributed by atoms with Gasteiger partial charge >= 0.3 is 0 Å². The molecule has 0 saturated carbocycles. The van der Waals surface area contributed by atoms with E-state index in [1.807, 2.05) is 43.3 Å². The van der Waals surface area contributed by atoms with Gasteiger partial charge in [0.25, 0.3) is 0 Å². The Morgan fingerprint density at radius 1 is 1.13 bits per heavy atom. The molecule has 1 saturated heterocycles. The molecule has 31 heavy (non-hydrogen) atoms. The fourth-order valence-electron chi connectivity index (χ4n) is 3.90. The van der Waals surface area contributed by atoms with Crippen LogP contribution in [0.5, 0.6) is 11.5 Å². The molecule has 4 rings (SSSR count). The summed E-state index contributed by atoms with van der Waals surface area (Å²) in [7, 11) is 3.29. The Bertz CT molecular complexity index is 1120. The molecule has 1 amide bonds. The fourth-order valence-corrected chi connectivity index (χ4v) is 3.90. The number of benzene rings is 2. The molecule has 162 valence electrons. The lowest BCUT2D eigenvalue weighted by Crippen LogP contribution is -2.35. The summed E-state index contributed by atoms with van der Waals surface area (Å²) in [5.41, 5.74) is 2.68. The zero-order chi connectivity index (χ0) is 22.0. The van der Waals surface area contributed by atoms with Crippen LogP contribution in [0.3, 0.4) is 0 Å². The van der Waals surface area contributed by atoms with Gasteiger partial charge in [-0.25, -0.2) is 4.98 Å². The van der Waals surface area contributed by atoms with Gasteiger partial charge in [-0.05, 0) is 37.1 Å². The van der Waals surface area contributed by atoms with Crippen molar-refractivity contribution in [3.63, 3.8) is 0 Å². The third-order valence-electron chi connectivity index (χ3n) is 5.44. The second kappa shape index (κ2) is 8.67. The number of hydrogen-bond donors (Lipinski definition) is 2. The number of nitrogens with one attached hydrogen (secondary N) is 2. The van der Waals surface area contributed by atoms with Gasteiger partial charge in [0.15, 0.2) is 0 Å². The summed E-state index contributed by atoms with van der Waals surface area (Å²) in [5, 5.41) is 7.25. The van der Waals surface area contributed by atoms with Gasteiger partial charge in [0.05, 0.1) is 19.7 Å². The molecule has 0 radical (unpaired) electrons. The maximum absolute atomic E-state index is 11.5. The van der Waals surface area contributed by atoms with Crippen molar-refractivity contribution < 1.29 is 14.3 Å². The standard InChI is InChI=1S/C23H27N5O3/c1-14-5-6-16(11-21(14)31-4)25-23-26-20-12-18(30-3)7-8-19(20)22(27-23)28-10-9-17(13-28)24-15(2)29/h5-8,11-12,17H,9-10,13H2,1-4H3,(H,24,29)(H,25,26,27)/t17-/m0/s1. The minimum atomic E-state index is -0.0141. The molecule has 3 aromatic rings. The van der Waals surface area contributed by atoms with Crippen LogP contribution in [-0.2, 0) is 4.79 Å². The highest BCUT2D eigenvalue weighted by atomic mass is 16.5. The Balaban J connectivity index is 1.72. The highest BCUT2D eigenvalue weighted by Gasteiger charge is 2.26. The number of anilines is 3. The molecule has 2 N–H and O–H groups in total. The Kier molecular flexibility index (Phi) is 5.79. The predicted octanol–water partition coefficient (Wildman–Crippen LogP) is 3.41. The third kappa shape index (κ3) is 4.47. The van der Waals surface area contributed by atoms with Crippen molar-refractivity contribution in [3.8, 4) is 11.5 Å². The van der Waals surface area contributed by atoms with Crippen molar-refractivity contribution in [1.29, 1.82) is 0 Å². The number of hydrogen-bond acceptors (Lipinski definition) is 7. The first-order valence-electron chi connectivity index (χ1n) is 10.3. The van der Waals surface area contributed by atoms with E-state index in [1.165, 1.54) is 0 Å². The summed E-state index contributed by atoms with van der Waals surface area (Å²) >= 11 is 0. The molecule has 2 heterocycles. The number of methoxy groups -OCH3 is 2. The highest BCUT2D eigenvalue weighted by molar-refractivity contribution is 5.92. The number of carbonyl (C=O) groups excluding carboxylic acids is 1. The summed E-state index contributed by atoms with van der Waals surface area (Å²) in [6.07, 6.45) is 0.874.